The van der Waals surface area contributed by atoms with Crippen molar-refractivity contribution in [1.82, 2.24) is 14.1 Å². The van der Waals surface area contributed by atoms with Crippen molar-refractivity contribution in [2.45, 2.75) is 53.1 Å². The van der Waals surface area contributed by atoms with Gasteiger partial charge in [0.25, 0.3) is 0 Å². The first-order chi connectivity index (χ1) is 14.5. The maximum atomic E-state index is 12.4. The summed E-state index contributed by atoms with van der Waals surface area (Å²) in [4.78, 5) is 41.2. The van der Waals surface area contributed by atoms with Gasteiger partial charge in [-0.15, -0.1) is 0 Å². The van der Waals surface area contributed by atoms with E-state index in [2.05, 4.69) is 22.5 Å². The van der Waals surface area contributed by atoms with Gasteiger partial charge in [0.05, 0.1) is 5.52 Å². The molecule has 8 heteroatoms. The first kappa shape index (κ1) is 21.3. The van der Waals surface area contributed by atoms with Gasteiger partial charge in [-0.3, -0.25) is 18.7 Å². The highest BCUT2D eigenvalue weighted by Crippen LogP contribution is 2.15. The molecule has 3 aromatic rings. The summed E-state index contributed by atoms with van der Waals surface area (Å²) in [5.74, 6) is -0.171. The van der Waals surface area contributed by atoms with Gasteiger partial charge < -0.3 is 10.6 Å². The van der Waals surface area contributed by atoms with Crippen LogP contribution in [0.2, 0.25) is 0 Å². The van der Waals surface area contributed by atoms with Gasteiger partial charge in [-0.1, -0.05) is 19.1 Å². The van der Waals surface area contributed by atoms with Gasteiger partial charge >= 0.3 is 5.69 Å². The van der Waals surface area contributed by atoms with Crippen molar-refractivity contribution in [3.8, 4) is 0 Å². The molecule has 1 aromatic carbocycles. The maximum Gasteiger partial charge on any atom is 0.330 e. The highest BCUT2D eigenvalue weighted by atomic mass is 16.2. The Hall–Kier alpha value is -3.42. The lowest BCUT2D eigenvalue weighted by atomic mass is 10.1. The molecule has 0 aliphatic heterocycles. The maximum absolute atomic E-state index is 12.4. The molecule has 0 aliphatic rings. The summed E-state index contributed by atoms with van der Waals surface area (Å²) >= 11 is 0. The number of amides is 2. The summed E-state index contributed by atoms with van der Waals surface area (Å²) < 4.78 is 3.22. The molecule has 0 spiro atoms. The van der Waals surface area contributed by atoms with Crippen LogP contribution in [-0.2, 0) is 29.1 Å². The predicted molar refractivity (Wildman–Crippen MR) is 118 cm³/mol. The Morgan fingerprint density at radius 3 is 2.10 bits per heavy atom. The van der Waals surface area contributed by atoms with Crippen LogP contribution < -0.4 is 16.3 Å². The predicted octanol–water partition coefficient (Wildman–Crippen LogP) is 3.16. The summed E-state index contributed by atoms with van der Waals surface area (Å²) in [5, 5.41) is 5.50. The van der Waals surface area contributed by atoms with Gasteiger partial charge in [0.1, 0.15) is 5.82 Å². The summed E-state index contributed by atoms with van der Waals surface area (Å²) in [6, 6.07) is 11.1. The van der Waals surface area contributed by atoms with Gasteiger partial charge in [-0.2, -0.15) is 0 Å². The fourth-order valence-corrected chi connectivity index (χ4v) is 3.33. The Balaban J connectivity index is 1.60. The molecule has 0 saturated heterocycles. The highest BCUT2D eigenvalue weighted by Gasteiger charge is 2.14. The lowest BCUT2D eigenvalue weighted by Gasteiger charge is -2.07. The van der Waals surface area contributed by atoms with Gasteiger partial charge in [0.2, 0.25) is 11.8 Å². The molecule has 2 aromatic heterocycles. The second-order valence-corrected chi connectivity index (χ2v) is 6.96. The number of nitrogens with zero attached hydrogens (tertiary/aromatic N) is 3. The number of pyridine rings is 1. The van der Waals surface area contributed by atoms with Crippen molar-refractivity contribution < 1.29 is 9.59 Å². The Morgan fingerprint density at radius 2 is 1.50 bits per heavy atom. The lowest BCUT2D eigenvalue weighted by Crippen LogP contribution is -2.23. The van der Waals surface area contributed by atoms with Gasteiger partial charge in [0, 0.05) is 31.6 Å². The monoisotopic (exact) mass is 409 g/mol. The van der Waals surface area contributed by atoms with E-state index in [1.807, 2.05) is 38.1 Å². The smallest absolute Gasteiger partial charge is 0.326 e. The second-order valence-electron chi connectivity index (χ2n) is 6.96. The lowest BCUT2D eigenvalue weighted by molar-refractivity contribution is -0.121. The van der Waals surface area contributed by atoms with Crippen LogP contribution in [0.1, 0.15) is 39.2 Å². The highest BCUT2D eigenvalue weighted by molar-refractivity contribution is 5.96. The van der Waals surface area contributed by atoms with E-state index in [9.17, 15) is 14.4 Å². The van der Waals surface area contributed by atoms with Crippen molar-refractivity contribution in [3.05, 3.63) is 52.4 Å². The minimum absolute atomic E-state index is 0.0369. The van der Waals surface area contributed by atoms with Crippen molar-refractivity contribution >= 4 is 34.5 Å². The average molecular weight is 409 g/mol. The zero-order chi connectivity index (χ0) is 21.7. The first-order valence-corrected chi connectivity index (χ1v) is 10.3. The number of fused-ring (bicyclic) bond motifs is 1. The Labute approximate surface area is 174 Å². The van der Waals surface area contributed by atoms with Crippen molar-refractivity contribution in [3.63, 3.8) is 0 Å². The molecule has 2 N–H and O–H groups in total. The molecule has 0 unspecified atom stereocenters. The van der Waals surface area contributed by atoms with Crippen LogP contribution in [-0.4, -0.2) is 25.9 Å². The minimum Gasteiger partial charge on any atom is -0.326 e. The SMILES string of the molecule is CCc1ccc(NC(=O)CCC(=O)Nc2ccc3c(n2)n(CC)c(=O)n3CC)cc1. The number of aryl methyl sites for hydroxylation is 3. The molecule has 3 rings (SSSR count). The van der Waals surface area contributed by atoms with Crippen LogP contribution in [0.4, 0.5) is 11.5 Å². The van der Waals surface area contributed by atoms with E-state index in [0.717, 1.165) is 11.9 Å². The first-order valence-electron chi connectivity index (χ1n) is 10.3. The molecule has 0 atom stereocenters. The van der Waals surface area contributed by atoms with Crippen LogP contribution in [0.15, 0.2) is 41.2 Å². The molecular weight excluding hydrogens is 382 g/mol. The van der Waals surface area contributed by atoms with Crippen LogP contribution >= 0.6 is 0 Å². The third kappa shape index (κ3) is 4.59. The molecule has 2 amide bonds. The molecule has 30 heavy (non-hydrogen) atoms. The molecule has 8 nitrogen and oxygen atoms in total. The van der Waals surface area contributed by atoms with E-state index in [0.29, 0.717) is 30.2 Å². The van der Waals surface area contributed by atoms with Crippen LogP contribution in [0, 0.1) is 0 Å². The zero-order valence-electron chi connectivity index (χ0n) is 17.6. The number of hydrogen-bond acceptors (Lipinski definition) is 4. The van der Waals surface area contributed by atoms with Gasteiger partial charge in [0.15, 0.2) is 5.65 Å². The molecule has 158 valence electrons. The van der Waals surface area contributed by atoms with Crippen molar-refractivity contribution in [1.29, 1.82) is 0 Å². The number of aromatic nitrogens is 3. The summed E-state index contributed by atoms with van der Waals surface area (Å²) in [6.07, 6.45) is 1.04. The second kappa shape index (κ2) is 9.39. The summed E-state index contributed by atoms with van der Waals surface area (Å²) in [5.41, 5.74) is 3.06. The average Bonchev–Trinajstić information content (AvgIpc) is 3.02. The molecule has 0 aliphatic carbocycles. The van der Waals surface area contributed by atoms with Crippen LogP contribution in [0.25, 0.3) is 11.2 Å². The fourth-order valence-electron chi connectivity index (χ4n) is 3.33. The summed E-state index contributed by atoms with van der Waals surface area (Å²) in [6.45, 7) is 6.89. The topological polar surface area (TPSA) is 98.0 Å². The molecule has 0 saturated carbocycles. The zero-order valence-corrected chi connectivity index (χ0v) is 17.6. The number of benzene rings is 1. The number of imidazole rings is 1. The Bertz CT molecular complexity index is 1110. The largest absolute Gasteiger partial charge is 0.330 e. The normalized spacial score (nSPS) is 10.9. The molecule has 0 radical (unpaired) electrons. The third-order valence-electron chi connectivity index (χ3n) is 4.99. The third-order valence-corrected chi connectivity index (χ3v) is 4.99. The van der Waals surface area contributed by atoms with Gasteiger partial charge in [-0.05, 0) is 50.1 Å². The van der Waals surface area contributed by atoms with Crippen molar-refractivity contribution in [2.75, 3.05) is 10.6 Å². The minimum atomic E-state index is -0.307. The van der Waals surface area contributed by atoms with E-state index < -0.39 is 0 Å². The van der Waals surface area contributed by atoms with Crippen molar-refractivity contribution in [2.24, 2.45) is 0 Å². The molecule has 2 heterocycles. The molecule has 0 fully saturated rings. The quantitative estimate of drug-likeness (QED) is 0.597. The summed E-state index contributed by atoms with van der Waals surface area (Å²) in [7, 11) is 0. The van der Waals surface area contributed by atoms with E-state index in [-0.39, 0.29) is 30.3 Å². The number of nitrogens with one attached hydrogen (secondary N) is 2. The number of anilines is 2. The number of carbonyl (C=O) groups is 2. The van der Waals surface area contributed by atoms with E-state index in [1.165, 1.54) is 5.56 Å². The number of carbonyl (C=O) groups excluding carboxylic acids is 2. The molecular formula is C22H27N5O3. The van der Waals surface area contributed by atoms with Crippen LogP contribution in [0.3, 0.4) is 0 Å². The Morgan fingerprint density at radius 1 is 0.867 bits per heavy atom. The Kier molecular flexibility index (Phi) is 6.66. The van der Waals surface area contributed by atoms with E-state index in [1.54, 1.807) is 21.3 Å². The number of rotatable bonds is 8. The van der Waals surface area contributed by atoms with E-state index >= 15 is 0 Å². The van der Waals surface area contributed by atoms with E-state index in [4.69, 9.17) is 0 Å². The van der Waals surface area contributed by atoms with Crippen LogP contribution in [0.5, 0.6) is 0 Å². The molecule has 0 bridgehead atoms. The fraction of sp³-hybridized carbons (Fsp3) is 0.364. The number of hydrogen-bond donors (Lipinski definition) is 2. The van der Waals surface area contributed by atoms with Gasteiger partial charge in [-0.25, -0.2) is 9.78 Å². The standard InChI is InChI=1S/C22H27N5O3/c1-4-15-7-9-16(10-8-15)23-19(28)13-14-20(29)24-18-12-11-17-21(25-18)27(6-3)22(30)26(17)5-2/h7-12H,4-6,13-14H2,1-3H3,(H,23,28)(H,24,25,29).